The lowest BCUT2D eigenvalue weighted by atomic mass is 10.00. The number of carbonyl (C=O) groups excluding carboxylic acids is 2. The Kier molecular flexibility index (Phi) is 6.73. The molecule has 0 saturated heterocycles. The van der Waals surface area contributed by atoms with E-state index in [0.717, 1.165) is 0 Å². The van der Waals surface area contributed by atoms with Crippen molar-refractivity contribution in [2.24, 2.45) is 0 Å². The molecule has 0 fully saturated rings. The molecule has 160 valence electrons. The number of Topliss-reactive ketones (excluding diaryl/α,β-unsaturated/α-hetero) is 1. The molecule has 2 heterocycles. The van der Waals surface area contributed by atoms with Crippen LogP contribution in [0.1, 0.15) is 36.0 Å². The van der Waals surface area contributed by atoms with Crippen LogP contribution in [-0.4, -0.2) is 53.3 Å². The lowest BCUT2D eigenvalue weighted by Gasteiger charge is -2.22. The maximum atomic E-state index is 13.1. The first-order valence-electron chi connectivity index (χ1n) is 9.21. The van der Waals surface area contributed by atoms with Crippen molar-refractivity contribution in [3.05, 3.63) is 34.4 Å². The number of aryl methyl sites for hydroxylation is 1. The first kappa shape index (κ1) is 21.8. The molecular weight excluding hydrogens is 416 g/mol. The first-order chi connectivity index (χ1) is 14.3. The second-order valence-electron chi connectivity index (χ2n) is 6.65. The van der Waals surface area contributed by atoms with Crippen LogP contribution < -0.4 is 9.47 Å². The Morgan fingerprint density at radius 2 is 2.10 bits per heavy atom. The standard InChI is InChI=1S/C20H21ClN2O7/c1-10-6-12(25)7-13(27-3)8-15(26)17-16(28-5-4-24)9-14(18(21)19(17)29-10)20-23-22-11(2)30-20/h7,9-10,24H,4-6,8H2,1-3H3/b13-7+. The zero-order chi connectivity index (χ0) is 21.8. The van der Waals surface area contributed by atoms with Crippen LogP contribution in [0.15, 0.2) is 22.3 Å². The average molecular weight is 437 g/mol. The highest BCUT2D eigenvalue weighted by Crippen LogP contribution is 2.44. The smallest absolute Gasteiger partial charge is 0.249 e. The third-order valence-corrected chi connectivity index (χ3v) is 4.67. The summed E-state index contributed by atoms with van der Waals surface area (Å²) in [4.78, 5) is 25.3. The molecule has 1 unspecified atom stereocenters. The predicted molar refractivity (Wildman–Crippen MR) is 106 cm³/mol. The summed E-state index contributed by atoms with van der Waals surface area (Å²) < 4.78 is 22.2. The SMILES string of the molecule is CO/C1=C/C(=O)CC(C)Oc2c(Cl)c(-c3nnc(C)o3)cc(OCCO)c2C(=O)C1. The van der Waals surface area contributed by atoms with Crippen molar-refractivity contribution in [2.75, 3.05) is 20.3 Å². The van der Waals surface area contributed by atoms with Crippen LogP contribution >= 0.6 is 11.6 Å². The van der Waals surface area contributed by atoms with Crippen LogP contribution in [-0.2, 0) is 9.53 Å². The Balaban J connectivity index is 2.23. The van der Waals surface area contributed by atoms with Crippen LogP contribution in [0.25, 0.3) is 11.5 Å². The topological polar surface area (TPSA) is 121 Å². The van der Waals surface area contributed by atoms with Crippen LogP contribution in [0.4, 0.5) is 0 Å². The van der Waals surface area contributed by atoms with Gasteiger partial charge >= 0.3 is 0 Å². The molecule has 0 amide bonds. The lowest BCUT2D eigenvalue weighted by molar-refractivity contribution is -0.116. The third-order valence-electron chi connectivity index (χ3n) is 4.30. The van der Waals surface area contributed by atoms with E-state index in [1.54, 1.807) is 13.8 Å². The summed E-state index contributed by atoms with van der Waals surface area (Å²) in [5.74, 6) is 0.156. The van der Waals surface area contributed by atoms with Crippen molar-refractivity contribution < 1.29 is 33.3 Å². The van der Waals surface area contributed by atoms with E-state index in [1.165, 1.54) is 19.3 Å². The summed E-state index contributed by atoms with van der Waals surface area (Å²) in [5.41, 5.74) is 0.382. The van der Waals surface area contributed by atoms with E-state index < -0.39 is 11.9 Å². The monoisotopic (exact) mass is 436 g/mol. The predicted octanol–water partition coefficient (Wildman–Crippen LogP) is 2.91. The summed E-state index contributed by atoms with van der Waals surface area (Å²) in [6, 6.07) is 1.49. The van der Waals surface area contributed by atoms with Gasteiger partial charge in [-0.1, -0.05) is 11.6 Å². The van der Waals surface area contributed by atoms with Crippen LogP contribution in [0.3, 0.4) is 0 Å². The Morgan fingerprint density at radius 3 is 2.73 bits per heavy atom. The highest BCUT2D eigenvalue weighted by molar-refractivity contribution is 6.35. The highest BCUT2D eigenvalue weighted by Gasteiger charge is 2.30. The quantitative estimate of drug-likeness (QED) is 0.753. The number of hydrogen-bond acceptors (Lipinski definition) is 9. The average Bonchev–Trinajstić information content (AvgIpc) is 3.12. The fraction of sp³-hybridized carbons (Fsp3) is 0.400. The molecule has 0 bridgehead atoms. The fourth-order valence-corrected chi connectivity index (χ4v) is 3.28. The maximum Gasteiger partial charge on any atom is 0.249 e. The second kappa shape index (κ2) is 9.27. The number of allylic oxidation sites excluding steroid dienone is 2. The van der Waals surface area contributed by atoms with Crippen molar-refractivity contribution >= 4 is 23.2 Å². The number of hydrogen-bond donors (Lipinski definition) is 1. The van der Waals surface area contributed by atoms with E-state index in [2.05, 4.69) is 10.2 Å². The summed E-state index contributed by atoms with van der Waals surface area (Å²) in [5, 5.41) is 17.0. The molecule has 0 spiro atoms. The van der Waals surface area contributed by atoms with E-state index in [-0.39, 0.29) is 65.6 Å². The number of fused-ring (bicyclic) bond motifs is 1. The molecular formula is C20H21ClN2O7. The molecule has 3 rings (SSSR count). The van der Waals surface area contributed by atoms with Crippen molar-refractivity contribution in [1.29, 1.82) is 0 Å². The van der Waals surface area contributed by atoms with Gasteiger partial charge in [-0.2, -0.15) is 0 Å². The number of methoxy groups -OCH3 is 1. The van der Waals surface area contributed by atoms with Gasteiger partial charge < -0.3 is 23.7 Å². The normalized spacial score (nSPS) is 18.8. The summed E-state index contributed by atoms with van der Waals surface area (Å²) in [6.45, 7) is 2.98. The van der Waals surface area contributed by atoms with Crippen molar-refractivity contribution in [1.82, 2.24) is 10.2 Å². The van der Waals surface area contributed by atoms with Crippen molar-refractivity contribution in [3.8, 4) is 23.0 Å². The van der Waals surface area contributed by atoms with Gasteiger partial charge in [0.15, 0.2) is 17.3 Å². The number of aliphatic hydroxyl groups excluding tert-OH is 1. The maximum absolute atomic E-state index is 13.1. The minimum absolute atomic E-state index is 0.0422. The molecule has 1 aromatic heterocycles. The van der Waals surface area contributed by atoms with Gasteiger partial charge in [0.05, 0.1) is 30.7 Å². The molecule has 0 radical (unpaired) electrons. The van der Waals surface area contributed by atoms with Crippen molar-refractivity contribution in [2.45, 2.75) is 32.8 Å². The Hall–Kier alpha value is -2.91. The zero-order valence-electron chi connectivity index (χ0n) is 16.7. The second-order valence-corrected chi connectivity index (χ2v) is 7.03. The zero-order valence-corrected chi connectivity index (χ0v) is 17.5. The van der Waals surface area contributed by atoms with Gasteiger partial charge in [0.1, 0.15) is 29.8 Å². The number of aliphatic hydroxyl groups is 1. The van der Waals surface area contributed by atoms with E-state index in [1.807, 2.05) is 0 Å². The molecule has 2 aromatic rings. The van der Waals surface area contributed by atoms with E-state index in [0.29, 0.717) is 11.5 Å². The molecule has 30 heavy (non-hydrogen) atoms. The number of rotatable bonds is 5. The van der Waals surface area contributed by atoms with E-state index in [9.17, 15) is 14.7 Å². The molecule has 1 N–H and O–H groups in total. The number of carbonyl (C=O) groups is 2. The molecule has 1 aliphatic rings. The van der Waals surface area contributed by atoms with Gasteiger partial charge in [-0.05, 0) is 13.0 Å². The Morgan fingerprint density at radius 1 is 1.33 bits per heavy atom. The van der Waals surface area contributed by atoms with Gasteiger partial charge in [-0.25, -0.2) is 0 Å². The Bertz CT molecular complexity index is 999. The Labute approximate surface area is 177 Å². The molecule has 9 nitrogen and oxygen atoms in total. The van der Waals surface area contributed by atoms with Gasteiger partial charge in [0.2, 0.25) is 11.8 Å². The summed E-state index contributed by atoms with van der Waals surface area (Å²) >= 11 is 6.59. The third kappa shape index (κ3) is 4.63. The minimum atomic E-state index is -0.598. The van der Waals surface area contributed by atoms with Crippen LogP contribution in [0.5, 0.6) is 11.5 Å². The van der Waals surface area contributed by atoms with E-state index >= 15 is 0 Å². The van der Waals surface area contributed by atoms with Gasteiger partial charge in [-0.3, -0.25) is 9.59 Å². The van der Waals surface area contributed by atoms with Crippen LogP contribution in [0, 0.1) is 6.92 Å². The largest absolute Gasteiger partial charge is 0.500 e. The number of ether oxygens (including phenoxy) is 3. The van der Waals surface area contributed by atoms with Crippen LogP contribution in [0.2, 0.25) is 5.02 Å². The van der Waals surface area contributed by atoms with Gasteiger partial charge in [-0.15, -0.1) is 10.2 Å². The summed E-state index contributed by atoms with van der Waals surface area (Å²) in [6.07, 6.45) is 0.541. The molecule has 1 aliphatic heterocycles. The molecule has 1 aromatic carbocycles. The van der Waals surface area contributed by atoms with Gasteiger partial charge in [0.25, 0.3) is 0 Å². The van der Waals surface area contributed by atoms with Crippen molar-refractivity contribution in [3.63, 3.8) is 0 Å². The summed E-state index contributed by atoms with van der Waals surface area (Å²) in [7, 11) is 1.39. The molecule has 0 saturated carbocycles. The number of benzene rings is 1. The lowest BCUT2D eigenvalue weighted by Crippen LogP contribution is -2.21. The van der Waals surface area contributed by atoms with E-state index in [4.69, 9.17) is 30.2 Å². The first-order valence-corrected chi connectivity index (χ1v) is 9.59. The molecule has 0 aliphatic carbocycles. The number of ketones is 2. The number of halogens is 1. The highest BCUT2D eigenvalue weighted by atomic mass is 35.5. The molecule has 10 heteroatoms. The minimum Gasteiger partial charge on any atom is -0.500 e. The number of aromatic nitrogens is 2. The number of nitrogens with zero attached hydrogens (tertiary/aromatic N) is 2. The fourth-order valence-electron chi connectivity index (χ4n) is 3.01. The molecule has 1 atom stereocenters. The van der Waals surface area contributed by atoms with Gasteiger partial charge in [0, 0.05) is 19.4 Å².